The molecule has 1 aliphatic rings. The fourth-order valence-corrected chi connectivity index (χ4v) is 4.12. The average molecular weight is 462 g/mol. The highest BCUT2D eigenvalue weighted by Crippen LogP contribution is 2.39. The number of benzene rings is 2. The van der Waals surface area contributed by atoms with Crippen LogP contribution in [0.2, 0.25) is 5.02 Å². The lowest BCUT2D eigenvalue weighted by Gasteiger charge is -2.18. The number of methoxy groups -OCH3 is 2. The predicted molar refractivity (Wildman–Crippen MR) is 118 cm³/mol. The number of halogens is 1. The summed E-state index contributed by atoms with van der Waals surface area (Å²) in [5, 5.41) is -0.251. The number of imide groups is 1. The minimum atomic E-state index is -1.02. The number of esters is 1. The molecule has 9 heteroatoms. The Morgan fingerprint density at radius 3 is 2.55 bits per heavy atom. The summed E-state index contributed by atoms with van der Waals surface area (Å²) in [5.41, 5.74) is 1.52. The minimum absolute atomic E-state index is 0.164. The number of amides is 2. The van der Waals surface area contributed by atoms with Crippen molar-refractivity contribution in [1.29, 1.82) is 0 Å². The van der Waals surface area contributed by atoms with Gasteiger partial charge in [-0.15, -0.1) is 0 Å². The first-order chi connectivity index (χ1) is 14.8. The van der Waals surface area contributed by atoms with Gasteiger partial charge >= 0.3 is 5.97 Å². The molecular weight excluding hydrogens is 442 g/mol. The molecule has 1 saturated heterocycles. The van der Waals surface area contributed by atoms with Crippen LogP contribution < -0.4 is 9.47 Å². The molecule has 0 N–H and O–H groups in total. The molecule has 31 heavy (non-hydrogen) atoms. The van der Waals surface area contributed by atoms with E-state index in [-0.39, 0.29) is 4.91 Å². The van der Waals surface area contributed by atoms with Gasteiger partial charge in [-0.25, -0.2) is 4.79 Å². The zero-order valence-corrected chi connectivity index (χ0v) is 18.7. The fraction of sp³-hybridized carbons (Fsp3) is 0.227. The molecule has 7 nitrogen and oxygen atoms in total. The van der Waals surface area contributed by atoms with Gasteiger partial charge in [0.05, 0.1) is 24.1 Å². The van der Waals surface area contributed by atoms with Gasteiger partial charge in [-0.3, -0.25) is 14.5 Å². The van der Waals surface area contributed by atoms with Crippen molar-refractivity contribution in [3.05, 3.63) is 63.5 Å². The summed E-state index contributed by atoms with van der Waals surface area (Å²) in [5.74, 6) is -0.491. The lowest BCUT2D eigenvalue weighted by Crippen LogP contribution is -2.42. The summed E-state index contributed by atoms with van der Waals surface area (Å²) >= 11 is 7.14. The maximum Gasteiger partial charge on any atom is 0.328 e. The van der Waals surface area contributed by atoms with Crippen LogP contribution in [-0.2, 0) is 20.9 Å². The monoisotopic (exact) mass is 461 g/mol. The zero-order valence-electron chi connectivity index (χ0n) is 17.1. The average Bonchev–Trinajstić information content (AvgIpc) is 3.04. The Hall–Kier alpha value is -2.97. The van der Waals surface area contributed by atoms with Crippen LogP contribution in [0.5, 0.6) is 11.5 Å². The van der Waals surface area contributed by atoms with Gasteiger partial charge in [-0.2, -0.15) is 0 Å². The van der Waals surface area contributed by atoms with E-state index in [0.717, 1.165) is 22.2 Å². The molecule has 0 saturated carbocycles. The molecule has 0 aliphatic carbocycles. The zero-order chi connectivity index (χ0) is 22.5. The Labute approximate surface area is 188 Å². The second-order valence-electron chi connectivity index (χ2n) is 6.56. The molecule has 2 aromatic rings. The lowest BCUT2D eigenvalue weighted by molar-refractivity contribution is -0.148. The number of carbonyl (C=O) groups is 3. The Bertz CT molecular complexity index is 1040. The third kappa shape index (κ3) is 5.03. The molecule has 1 atom stereocenters. The van der Waals surface area contributed by atoms with Gasteiger partial charge < -0.3 is 14.2 Å². The highest BCUT2D eigenvalue weighted by molar-refractivity contribution is 8.18. The molecule has 2 amide bonds. The first-order valence-electron chi connectivity index (χ1n) is 9.24. The lowest BCUT2D eigenvalue weighted by atomic mass is 10.1. The number of carbonyl (C=O) groups excluding carboxylic acids is 3. The number of hydrogen-bond acceptors (Lipinski definition) is 7. The molecular formula is C22H20ClNO6S. The van der Waals surface area contributed by atoms with E-state index < -0.39 is 23.2 Å². The molecule has 1 heterocycles. The fourth-order valence-electron chi connectivity index (χ4n) is 2.93. The molecule has 0 radical (unpaired) electrons. The summed E-state index contributed by atoms with van der Waals surface area (Å²) in [6.45, 7) is 1.74. The van der Waals surface area contributed by atoms with Crippen LogP contribution in [0, 0.1) is 0 Å². The van der Waals surface area contributed by atoms with Crippen LogP contribution in [0.1, 0.15) is 18.1 Å². The Balaban J connectivity index is 1.84. The summed E-state index contributed by atoms with van der Waals surface area (Å²) in [4.78, 5) is 37.7. The van der Waals surface area contributed by atoms with Crippen molar-refractivity contribution in [3.8, 4) is 11.5 Å². The van der Waals surface area contributed by atoms with Crippen molar-refractivity contribution in [2.75, 3.05) is 14.2 Å². The van der Waals surface area contributed by atoms with Crippen LogP contribution in [0.25, 0.3) is 6.08 Å². The van der Waals surface area contributed by atoms with Gasteiger partial charge in [0.25, 0.3) is 11.1 Å². The van der Waals surface area contributed by atoms with E-state index in [1.165, 1.54) is 27.2 Å². The van der Waals surface area contributed by atoms with Gasteiger partial charge in [0.1, 0.15) is 12.6 Å². The van der Waals surface area contributed by atoms with E-state index in [0.29, 0.717) is 28.7 Å². The van der Waals surface area contributed by atoms with Crippen LogP contribution in [0.15, 0.2) is 47.4 Å². The van der Waals surface area contributed by atoms with Gasteiger partial charge in [0.2, 0.25) is 0 Å². The summed E-state index contributed by atoms with van der Waals surface area (Å²) in [6.07, 6.45) is 1.52. The molecule has 0 spiro atoms. The Kier molecular flexibility index (Phi) is 7.25. The third-order valence-corrected chi connectivity index (χ3v) is 5.69. The molecule has 0 unspecified atom stereocenters. The number of hydrogen-bond donors (Lipinski definition) is 0. The van der Waals surface area contributed by atoms with E-state index >= 15 is 0 Å². The second kappa shape index (κ2) is 9.89. The smallest absolute Gasteiger partial charge is 0.328 e. The summed E-state index contributed by atoms with van der Waals surface area (Å²) < 4.78 is 15.9. The second-order valence-corrected chi connectivity index (χ2v) is 7.96. The first kappa shape index (κ1) is 22.7. The van der Waals surface area contributed by atoms with E-state index in [2.05, 4.69) is 4.74 Å². The standard InChI is InChI=1S/C22H20ClNO6S/c1-13(21(26)29-3)24-20(25)18(31-22(24)27)11-15-9-16(23)19(17(10-15)28-2)30-12-14-7-5-4-6-8-14/h4-11,13H,12H2,1-3H3/b18-11+/t13-/m0/s1. The molecule has 1 fully saturated rings. The van der Waals surface area contributed by atoms with Crippen LogP contribution in [-0.4, -0.2) is 42.3 Å². The Morgan fingerprint density at radius 1 is 1.19 bits per heavy atom. The SMILES string of the molecule is COC(=O)[C@H](C)N1C(=O)S/C(=C/c2cc(Cl)c(OCc3ccccc3)c(OC)c2)C1=O. The third-order valence-electron chi connectivity index (χ3n) is 4.53. The van der Waals surface area contributed by atoms with Crippen molar-refractivity contribution >= 4 is 46.6 Å². The maximum absolute atomic E-state index is 12.7. The van der Waals surface area contributed by atoms with Crippen molar-refractivity contribution in [1.82, 2.24) is 4.90 Å². The van der Waals surface area contributed by atoms with Crippen LogP contribution in [0.4, 0.5) is 4.79 Å². The molecule has 1 aliphatic heterocycles. The van der Waals surface area contributed by atoms with Crippen LogP contribution >= 0.6 is 23.4 Å². The van der Waals surface area contributed by atoms with Gasteiger partial charge in [0, 0.05) is 0 Å². The first-order valence-corrected chi connectivity index (χ1v) is 10.4. The van der Waals surface area contributed by atoms with E-state index in [9.17, 15) is 14.4 Å². The number of ether oxygens (including phenoxy) is 3. The highest BCUT2D eigenvalue weighted by atomic mass is 35.5. The van der Waals surface area contributed by atoms with Crippen molar-refractivity contribution in [3.63, 3.8) is 0 Å². The predicted octanol–water partition coefficient (Wildman–Crippen LogP) is 4.53. The molecule has 162 valence electrons. The van der Waals surface area contributed by atoms with Crippen molar-refractivity contribution in [2.24, 2.45) is 0 Å². The van der Waals surface area contributed by atoms with Gasteiger partial charge in [0.15, 0.2) is 11.5 Å². The molecule has 0 bridgehead atoms. The molecule has 3 rings (SSSR count). The molecule has 0 aromatic heterocycles. The maximum atomic E-state index is 12.7. The highest BCUT2D eigenvalue weighted by Gasteiger charge is 2.41. The number of thioether (sulfide) groups is 1. The van der Waals surface area contributed by atoms with E-state index in [1.54, 1.807) is 12.1 Å². The summed E-state index contributed by atoms with van der Waals surface area (Å²) in [6, 6.07) is 11.9. The van der Waals surface area contributed by atoms with Crippen LogP contribution in [0.3, 0.4) is 0 Å². The minimum Gasteiger partial charge on any atom is -0.493 e. The van der Waals surface area contributed by atoms with Gasteiger partial charge in [-0.1, -0.05) is 41.9 Å². The van der Waals surface area contributed by atoms with E-state index in [4.69, 9.17) is 21.1 Å². The normalized spacial score (nSPS) is 15.9. The largest absolute Gasteiger partial charge is 0.493 e. The Morgan fingerprint density at radius 2 is 1.90 bits per heavy atom. The number of nitrogens with zero attached hydrogens (tertiary/aromatic N) is 1. The number of rotatable bonds is 7. The summed E-state index contributed by atoms with van der Waals surface area (Å²) in [7, 11) is 2.68. The quantitative estimate of drug-likeness (QED) is 0.442. The van der Waals surface area contributed by atoms with Gasteiger partial charge in [-0.05, 0) is 48.0 Å². The van der Waals surface area contributed by atoms with Crippen molar-refractivity contribution < 1.29 is 28.6 Å². The van der Waals surface area contributed by atoms with E-state index in [1.807, 2.05) is 30.3 Å². The molecule has 2 aromatic carbocycles. The topological polar surface area (TPSA) is 82.1 Å². The van der Waals surface area contributed by atoms with Crippen molar-refractivity contribution in [2.45, 2.75) is 19.6 Å².